The molecule has 18 heavy (non-hydrogen) atoms. The highest BCUT2D eigenvalue weighted by Crippen LogP contribution is 2.21. The summed E-state index contributed by atoms with van der Waals surface area (Å²) in [5.41, 5.74) is 0. The van der Waals surface area contributed by atoms with Crippen molar-refractivity contribution in [3.63, 3.8) is 0 Å². The van der Waals surface area contributed by atoms with Crippen molar-refractivity contribution in [2.45, 2.75) is 19.4 Å². The van der Waals surface area contributed by atoms with Gasteiger partial charge in [-0.25, -0.2) is 0 Å². The predicted octanol–water partition coefficient (Wildman–Crippen LogP) is 1.51. The molecule has 0 spiro atoms. The average molecular weight is 265 g/mol. The van der Waals surface area contributed by atoms with Crippen LogP contribution in [0.3, 0.4) is 0 Å². The molecule has 1 atom stereocenters. The van der Waals surface area contributed by atoms with Gasteiger partial charge in [-0.05, 0) is 17.9 Å². The molecular weight excluding hydrogens is 254 g/mol. The van der Waals surface area contributed by atoms with Crippen LogP contribution in [0.5, 0.6) is 0 Å². The summed E-state index contributed by atoms with van der Waals surface area (Å²) in [5, 5.41) is 8.05. The number of rotatable bonds is 6. The van der Waals surface area contributed by atoms with E-state index in [0.29, 0.717) is 18.7 Å². The van der Waals surface area contributed by atoms with Crippen molar-refractivity contribution in [2.24, 2.45) is 0 Å². The number of nitrogens with one attached hydrogen (secondary N) is 1. The first kappa shape index (κ1) is 12.4. The van der Waals surface area contributed by atoms with Crippen molar-refractivity contribution < 1.29 is 14.1 Å². The first-order valence-corrected chi connectivity index (χ1v) is 6.25. The SMILES string of the molecule is CCC(NC=O)C(=O)c1nc(-c2cccs2)no1. The maximum Gasteiger partial charge on any atom is 0.296 e. The lowest BCUT2D eigenvalue weighted by atomic mass is 10.1. The Balaban J connectivity index is 2.19. The number of amides is 1. The van der Waals surface area contributed by atoms with E-state index in [9.17, 15) is 9.59 Å². The molecule has 94 valence electrons. The molecule has 0 saturated heterocycles. The Morgan fingerprint density at radius 1 is 1.67 bits per heavy atom. The van der Waals surface area contributed by atoms with Crippen LogP contribution in [0.4, 0.5) is 0 Å². The zero-order chi connectivity index (χ0) is 13.0. The van der Waals surface area contributed by atoms with Crippen LogP contribution < -0.4 is 5.32 Å². The third kappa shape index (κ3) is 2.45. The Kier molecular flexibility index (Phi) is 3.83. The molecule has 0 aromatic carbocycles. The zero-order valence-electron chi connectivity index (χ0n) is 9.62. The van der Waals surface area contributed by atoms with Crippen molar-refractivity contribution >= 4 is 23.5 Å². The first-order chi connectivity index (χ1) is 8.76. The van der Waals surface area contributed by atoms with Crippen molar-refractivity contribution in [2.75, 3.05) is 0 Å². The second-order valence-electron chi connectivity index (χ2n) is 3.51. The molecule has 0 saturated carbocycles. The monoisotopic (exact) mass is 265 g/mol. The second kappa shape index (κ2) is 5.54. The summed E-state index contributed by atoms with van der Waals surface area (Å²) in [7, 11) is 0. The summed E-state index contributed by atoms with van der Waals surface area (Å²) < 4.78 is 4.92. The van der Waals surface area contributed by atoms with E-state index in [1.54, 1.807) is 6.92 Å². The number of nitrogens with zero attached hydrogens (tertiary/aromatic N) is 2. The standard InChI is InChI=1S/C11H11N3O3S/c1-2-7(12-6-15)9(16)11-13-10(14-17-11)8-4-3-5-18-8/h3-7H,2H2,1H3,(H,12,15). The molecule has 0 aliphatic heterocycles. The van der Waals surface area contributed by atoms with Gasteiger partial charge in [-0.3, -0.25) is 9.59 Å². The molecule has 0 bridgehead atoms. The minimum absolute atomic E-state index is 0.0837. The zero-order valence-corrected chi connectivity index (χ0v) is 10.4. The highest BCUT2D eigenvalue weighted by Gasteiger charge is 2.24. The van der Waals surface area contributed by atoms with Crippen LogP contribution in [0.1, 0.15) is 24.0 Å². The minimum Gasteiger partial charge on any atom is -0.348 e. The molecule has 0 aliphatic carbocycles. The number of Topliss-reactive ketones (excluding diaryl/α,β-unsaturated/α-hetero) is 1. The Morgan fingerprint density at radius 3 is 3.11 bits per heavy atom. The van der Waals surface area contributed by atoms with Crippen molar-refractivity contribution in [3.8, 4) is 10.7 Å². The molecule has 6 nitrogen and oxygen atoms in total. The van der Waals surface area contributed by atoms with E-state index in [0.717, 1.165) is 4.88 Å². The molecule has 0 radical (unpaired) electrons. The van der Waals surface area contributed by atoms with E-state index in [4.69, 9.17) is 4.52 Å². The van der Waals surface area contributed by atoms with Gasteiger partial charge in [0, 0.05) is 0 Å². The van der Waals surface area contributed by atoms with E-state index >= 15 is 0 Å². The van der Waals surface area contributed by atoms with Crippen LogP contribution in [-0.2, 0) is 4.79 Å². The summed E-state index contributed by atoms with van der Waals surface area (Å²) >= 11 is 1.46. The van der Waals surface area contributed by atoms with E-state index < -0.39 is 6.04 Å². The molecule has 2 rings (SSSR count). The number of hydrogen-bond donors (Lipinski definition) is 1. The van der Waals surface area contributed by atoms with Gasteiger partial charge < -0.3 is 9.84 Å². The smallest absolute Gasteiger partial charge is 0.296 e. The molecule has 2 aromatic heterocycles. The molecule has 7 heteroatoms. The van der Waals surface area contributed by atoms with Crippen LogP contribution in [0.15, 0.2) is 22.0 Å². The van der Waals surface area contributed by atoms with Gasteiger partial charge in [-0.1, -0.05) is 18.1 Å². The topological polar surface area (TPSA) is 85.1 Å². The molecule has 0 fully saturated rings. The first-order valence-electron chi connectivity index (χ1n) is 5.37. The molecule has 1 unspecified atom stereocenters. The van der Waals surface area contributed by atoms with Crippen LogP contribution in [0, 0.1) is 0 Å². The van der Waals surface area contributed by atoms with E-state index in [1.807, 2.05) is 17.5 Å². The van der Waals surface area contributed by atoms with Gasteiger partial charge in [0.25, 0.3) is 5.89 Å². The van der Waals surface area contributed by atoms with E-state index in [-0.39, 0.29) is 11.7 Å². The van der Waals surface area contributed by atoms with Gasteiger partial charge in [-0.2, -0.15) is 4.98 Å². The number of aromatic nitrogens is 2. The minimum atomic E-state index is -0.626. The maximum atomic E-state index is 11.9. The third-order valence-electron chi connectivity index (χ3n) is 2.37. The summed E-state index contributed by atoms with van der Waals surface area (Å²) in [4.78, 5) is 27.2. The third-order valence-corrected chi connectivity index (χ3v) is 3.24. The Labute approximate surface area is 107 Å². The predicted molar refractivity (Wildman–Crippen MR) is 65.2 cm³/mol. The lowest BCUT2D eigenvalue weighted by Crippen LogP contribution is -2.35. The number of ketones is 1. The van der Waals surface area contributed by atoms with Gasteiger partial charge in [0.15, 0.2) is 0 Å². The molecule has 2 aromatic rings. The molecule has 1 N–H and O–H groups in total. The normalized spacial score (nSPS) is 12.1. The summed E-state index contributed by atoms with van der Waals surface area (Å²) in [6.45, 7) is 1.79. The molecule has 2 heterocycles. The Morgan fingerprint density at radius 2 is 2.50 bits per heavy atom. The highest BCUT2D eigenvalue weighted by atomic mass is 32.1. The summed E-state index contributed by atoms with van der Waals surface area (Å²) in [6, 6.07) is 3.07. The van der Waals surface area contributed by atoms with Crippen LogP contribution in [-0.4, -0.2) is 28.4 Å². The number of thiophene rings is 1. The summed E-state index contributed by atoms with van der Waals surface area (Å²) in [6.07, 6.45) is 0.955. The lowest BCUT2D eigenvalue weighted by Gasteiger charge is -2.08. The second-order valence-corrected chi connectivity index (χ2v) is 4.46. The lowest BCUT2D eigenvalue weighted by molar-refractivity contribution is -0.110. The quantitative estimate of drug-likeness (QED) is 0.632. The van der Waals surface area contributed by atoms with Crippen LogP contribution in [0.25, 0.3) is 10.7 Å². The number of carbonyl (C=O) groups is 2. The average Bonchev–Trinajstić information content (AvgIpc) is 3.04. The van der Waals surface area contributed by atoms with E-state index in [1.165, 1.54) is 11.3 Å². The van der Waals surface area contributed by atoms with Gasteiger partial charge in [0.05, 0.1) is 10.9 Å². The van der Waals surface area contributed by atoms with Crippen LogP contribution >= 0.6 is 11.3 Å². The maximum absolute atomic E-state index is 11.9. The molecule has 1 amide bonds. The van der Waals surface area contributed by atoms with Gasteiger partial charge in [-0.15, -0.1) is 11.3 Å². The van der Waals surface area contributed by atoms with Gasteiger partial charge >= 0.3 is 0 Å². The van der Waals surface area contributed by atoms with E-state index in [2.05, 4.69) is 15.5 Å². The fourth-order valence-corrected chi connectivity index (χ4v) is 2.09. The van der Waals surface area contributed by atoms with Gasteiger partial charge in [0.2, 0.25) is 18.0 Å². The molecular formula is C11H11N3O3S. The van der Waals surface area contributed by atoms with Crippen LogP contribution in [0.2, 0.25) is 0 Å². The van der Waals surface area contributed by atoms with Crippen molar-refractivity contribution in [1.82, 2.24) is 15.5 Å². The summed E-state index contributed by atoms with van der Waals surface area (Å²) in [5.74, 6) is -0.0752. The fraction of sp³-hybridized carbons (Fsp3) is 0.273. The Bertz CT molecular complexity index is 535. The fourth-order valence-electron chi connectivity index (χ4n) is 1.44. The van der Waals surface area contributed by atoms with Crippen molar-refractivity contribution in [3.05, 3.63) is 23.4 Å². The molecule has 0 aliphatic rings. The number of hydrogen-bond acceptors (Lipinski definition) is 6. The number of carbonyl (C=O) groups excluding carboxylic acids is 2. The van der Waals surface area contributed by atoms with Gasteiger partial charge in [0.1, 0.15) is 0 Å². The largest absolute Gasteiger partial charge is 0.348 e. The van der Waals surface area contributed by atoms with Crippen molar-refractivity contribution in [1.29, 1.82) is 0 Å². The Hall–Kier alpha value is -2.02. The highest BCUT2D eigenvalue weighted by molar-refractivity contribution is 7.13.